The standard InChI is InChI=1S/C15H22N2O3S/c16-14(12-5-2-1-3-6-12)8-9-15(18)17-13-7-4-10-21(19,20)11-13/h1-3,5-6,13-14H,4,7-11,16H2,(H,17,18). The van der Waals surface area contributed by atoms with Crippen LogP contribution in [0.4, 0.5) is 0 Å². The summed E-state index contributed by atoms with van der Waals surface area (Å²) in [5, 5.41) is 2.81. The van der Waals surface area contributed by atoms with E-state index in [4.69, 9.17) is 5.73 Å². The first-order chi connectivity index (χ1) is 9.96. The SMILES string of the molecule is NC(CCC(=O)NC1CCCS(=O)(=O)C1)c1ccccc1. The van der Waals surface area contributed by atoms with Crippen LogP contribution in [0.5, 0.6) is 0 Å². The lowest BCUT2D eigenvalue weighted by Crippen LogP contribution is -2.43. The van der Waals surface area contributed by atoms with Crippen molar-refractivity contribution >= 4 is 15.7 Å². The summed E-state index contributed by atoms with van der Waals surface area (Å²) >= 11 is 0. The topological polar surface area (TPSA) is 89.3 Å². The molecule has 0 bridgehead atoms. The van der Waals surface area contributed by atoms with E-state index >= 15 is 0 Å². The van der Waals surface area contributed by atoms with Gasteiger partial charge in [-0.25, -0.2) is 8.42 Å². The molecule has 1 aliphatic rings. The molecule has 116 valence electrons. The van der Waals surface area contributed by atoms with Crippen LogP contribution in [-0.4, -0.2) is 31.9 Å². The zero-order chi connectivity index (χ0) is 15.3. The molecule has 1 aromatic rings. The van der Waals surface area contributed by atoms with Gasteiger partial charge in [0.2, 0.25) is 5.91 Å². The highest BCUT2D eigenvalue weighted by atomic mass is 32.2. The molecule has 5 nitrogen and oxygen atoms in total. The summed E-state index contributed by atoms with van der Waals surface area (Å²) < 4.78 is 23.0. The van der Waals surface area contributed by atoms with Gasteiger partial charge in [0.1, 0.15) is 0 Å². The molecule has 0 saturated carbocycles. The van der Waals surface area contributed by atoms with Gasteiger partial charge in [-0.15, -0.1) is 0 Å². The number of benzene rings is 1. The van der Waals surface area contributed by atoms with Crippen LogP contribution in [0.15, 0.2) is 30.3 Å². The van der Waals surface area contributed by atoms with E-state index in [-0.39, 0.29) is 29.5 Å². The highest BCUT2D eigenvalue weighted by molar-refractivity contribution is 7.91. The molecular formula is C15H22N2O3S. The van der Waals surface area contributed by atoms with E-state index in [1.54, 1.807) is 0 Å². The Morgan fingerprint density at radius 1 is 1.33 bits per heavy atom. The number of carbonyl (C=O) groups is 1. The van der Waals surface area contributed by atoms with E-state index in [2.05, 4.69) is 5.32 Å². The lowest BCUT2D eigenvalue weighted by Gasteiger charge is -2.23. The first kappa shape index (κ1) is 16.0. The maximum atomic E-state index is 11.9. The fourth-order valence-corrected chi connectivity index (χ4v) is 4.23. The van der Waals surface area contributed by atoms with Gasteiger partial charge in [-0.1, -0.05) is 30.3 Å². The first-order valence-corrected chi connectivity index (χ1v) is 9.09. The molecular weight excluding hydrogens is 288 g/mol. The maximum Gasteiger partial charge on any atom is 0.220 e. The number of hydrogen-bond acceptors (Lipinski definition) is 4. The van der Waals surface area contributed by atoms with E-state index < -0.39 is 9.84 Å². The molecule has 0 spiro atoms. The second-order valence-electron chi connectivity index (χ2n) is 5.58. The second-order valence-corrected chi connectivity index (χ2v) is 7.81. The van der Waals surface area contributed by atoms with Crippen molar-refractivity contribution in [1.82, 2.24) is 5.32 Å². The Morgan fingerprint density at radius 2 is 2.05 bits per heavy atom. The molecule has 1 aliphatic heterocycles. The van der Waals surface area contributed by atoms with Gasteiger partial charge in [0, 0.05) is 18.5 Å². The summed E-state index contributed by atoms with van der Waals surface area (Å²) in [7, 11) is -2.99. The quantitative estimate of drug-likeness (QED) is 0.854. The van der Waals surface area contributed by atoms with E-state index in [0.717, 1.165) is 12.0 Å². The first-order valence-electron chi connectivity index (χ1n) is 7.26. The summed E-state index contributed by atoms with van der Waals surface area (Å²) in [6, 6.07) is 9.22. The van der Waals surface area contributed by atoms with Gasteiger partial charge in [0.05, 0.1) is 11.5 Å². The number of nitrogens with one attached hydrogen (secondary N) is 1. The minimum Gasteiger partial charge on any atom is -0.352 e. The Morgan fingerprint density at radius 3 is 2.71 bits per heavy atom. The molecule has 0 aromatic heterocycles. The third-order valence-corrected chi connectivity index (χ3v) is 5.56. The minimum absolute atomic E-state index is 0.0590. The molecule has 1 fully saturated rings. The number of sulfone groups is 1. The van der Waals surface area contributed by atoms with Crippen molar-refractivity contribution in [2.75, 3.05) is 11.5 Å². The van der Waals surface area contributed by atoms with Crippen molar-refractivity contribution in [2.45, 2.75) is 37.8 Å². The normalized spacial score (nSPS) is 22.4. The highest BCUT2D eigenvalue weighted by Gasteiger charge is 2.25. The summed E-state index contributed by atoms with van der Waals surface area (Å²) in [6.07, 6.45) is 2.22. The molecule has 2 unspecified atom stereocenters. The lowest BCUT2D eigenvalue weighted by atomic mass is 10.0. The molecule has 0 aliphatic carbocycles. The van der Waals surface area contributed by atoms with Crippen molar-refractivity contribution < 1.29 is 13.2 Å². The zero-order valence-electron chi connectivity index (χ0n) is 12.0. The van der Waals surface area contributed by atoms with Crippen molar-refractivity contribution in [1.29, 1.82) is 0 Å². The van der Waals surface area contributed by atoms with Crippen LogP contribution in [0.3, 0.4) is 0 Å². The molecule has 1 saturated heterocycles. The molecule has 3 N–H and O–H groups in total. The minimum atomic E-state index is -2.99. The summed E-state index contributed by atoms with van der Waals surface area (Å²) in [5.41, 5.74) is 7.05. The Kier molecular flexibility index (Phi) is 5.36. The molecule has 1 aromatic carbocycles. The second kappa shape index (κ2) is 7.04. The van der Waals surface area contributed by atoms with Crippen LogP contribution in [0.25, 0.3) is 0 Å². The number of hydrogen-bond donors (Lipinski definition) is 2. The molecule has 1 amide bonds. The highest BCUT2D eigenvalue weighted by Crippen LogP contribution is 2.16. The summed E-state index contributed by atoms with van der Waals surface area (Å²) in [4.78, 5) is 11.9. The Hall–Kier alpha value is -1.40. The van der Waals surface area contributed by atoms with Gasteiger partial charge >= 0.3 is 0 Å². The zero-order valence-corrected chi connectivity index (χ0v) is 12.8. The Bertz CT molecular complexity index is 572. The smallest absolute Gasteiger partial charge is 0.220 e. The third-order valence-electron chi connectivity index (χ3n) is 3.74. The van der Waals surface area contributed by atoms with E-state index in [1.807, 2.05) is 30.3 Å². The van der Waals surface area contributed by atoms with Crippen molar-refractivity contribution in [3.63, 3.8) is 0 Å². The number of rotatable bonds is 5. The van der Waals surface area contributed by atoms with Crippen molar-refractivity contribution in [2.24, 2.45) is 5.73 Å². The molecule has 2 rings (SSSR count). The Labute approximate surface area is 125 Å². The monoisotopic (exact) mass is 310 g/mol. The molecule has 0 radical (unpaired) electrons. The van der Waals surface area contributed by atoms with Crippen LogP contribution in [0, 0.1) is 0 Å². The lowest BCUT2D eigenvalue weighted by molar-refractivity contribution is -0.121. The van der Waals surface area contributed by atoms with E-state index in [9.17, 15) is 13.2 Å². The predicted molar refractivity (Wildman–Crippen MR) is 82.4 cm³/mol. The van der Waals surface area contributed by atoms with E-state index in [0.29, 0.717) is 19.3 Å². The fourth-order valence-electron chi connectivity index (χ4n) is 2.59. The summed E-state index contributed by atoms with van der Waals surface area (Å²) in [6.45, 7) is 0. The van der Waals surface area contributed by atoms with Gasteiger partial charge in [-0.05, 0) is 24.8 Å². The van der Waals surface area contributed by atoms with Gasteiger partial charge in [-0.2, -0.15) is 0 Å². The summed E-state index contributed by atoms with van der Waals surface area (Å²) in [5.74, 6) is 0.172. The molecule has 2 atom stereocenters. The number of nitrogens with two attached hydrogens (primary N) is 1. The van der Waals surface area contributed by atoms with Gasteiger partial charge in [0.25, 0.3) is 0 Å². The number of carbonyl (C=O) groups excluding carboxylic acids is 1. The van der Waals surface area contributed by atoms with E-state index in [1.165, 1.54) is 0 Å². The van der Waals surface area contributed by atoms with Gasteiger partial charge in [0.15, 0.2) is 9.84 Å². The third kappa shape index (κ3) is 5.13. The van der Waals surface area contributed by atoms with Gasteiger partial charge < -0.3 is 11.1 Å². The van der Waals surface area contributed by atoms with Crippen LogP contribution >= 0.6 is 0 Å². The van der Waals surface area contributed by atoms with Gasteiger partial charge in [-0.3, -0.25) is 4.79 Å². The average molecular weight is 310 g/mol. The van der Waals surface area contributed by atoms with Crippen LogP contribution in [0.2, 0.25) is 0 Å². The largest absolute Gasteiger partial charge is 0.352 e. The molecule has 1 heterocycles. The Balaban J connectivity index is 1.77. The average Bonchev–Trinajstić information content (AvgIpc) is 2.44. The molecule has 21 heavy (non-hydrogen) atoms. The van der Waals surface area contributed by atoms with Crippen molar-refractivity contribution in [3.05, 3.63) is 35.9 Å². The molecule has 6 heteroatoms. The van der Waals surface area contributed by atoms with Crippen LogP contribution in [-0.2, 0) is 14.6 Å². The number of amides is 1. The van der Waals surface area contributed by atoms with Crippen LogP contribution in [0.1, 0.15) is 37.3 Å². The van der Waals surface area contributed by atoms with Crippen LogP contribution < -0.4 is 11.1 Å². The van der Waals surface area contributed by atoms with Crippen molar-refractivity contribution in [3.8, 4) is 0 Å². The fraction of sp³-hybridized carbons (Fsp3) is 0.533. The maximum absolute atomic E-state index is 11.9. The predicted octanol–water partition coefficient (Wildman–Crippen LogP) is 1.16.